The molecule has 7 nitrogen and oxygen atoms in total. The van der Waals surface area contributed by atoms with Crippen molar-refractivity contribution < 1.29 is 19.5 Å². The Kier molecular flexibility index (Phi) is 4.98. The van der Waals surface area contributed by atoms with Crippen LogP contribution in [0.5, 0.6) is 0 Å². The summed E-state index contributed by atoms with van der Waals surface area (Å²) in [6.07, 6.45) is -0.0892. The number of carbonyl (C=O) groups is 3. The molecule has 148 valence electrons. The third kappa shape index (κ3) is 3.95. The van der Waals surface area contributed by atoms with Gasteiger partial charge in [0.05, 0.1) is 12.1 Å². The first-order valence-electron chi connectivity index (χ1n) is 9.09. The van der Waals surface area contributed by atoms with Crippen molar-refractivity contribution in [3.63, 3.8) is 0 Å². The van der Waals surface area contributed by atoms with Gasteiger partial charge in [0.15, 0.2) is 0 Å². The van der Waals surface area contributed by atoms with Gasteiger partial charge in [-0.05, 0) is 41.8 Å². The Balaban J connectivity index is 1.56. The number of fused-ring (bicyclic) bond motifs is 2. The number of carbonyl (C=O) groups excluding carboxylic acids is 2. The maximum absolute atomic E-state index is 12.8. The highest BCUT2D eigenvalue weighted by molar-refractivity contribution is 6.31. The van der Waals surface area contributed by atoms with Crippen molar-refractivity contribution in [2.75, 3.05) is 0 Å². The minimum atomic E-state index is -1.20. The minimum Gasteiger partial charge on any atom is -0.481 e. The fourth-order valence-electron chi connectivity index (χ4n) is 3.74. The van der Waals surface area contributed by atoms with Crippen molar-refractivity contribution in [1.82, 2.24) is 15.6 Å². The Morgan fingerprint density at radius 1 is 1.10 bits per heavy atom. The number of benzene rings is 2. The number of aromatic nitrogens is 1. The molecule has 1 aliphatic rings. The Bertz CT molecular complexity index is 1120. The maximum Gasteiger partial charge on any atom is 0.312 e. The number of amides is 2. The van der Waals surface area contributed by atoms with Crippen LogP contribution in [0.3, 0.4) is 0 Å². The van der Waals surface area contributed by atoms with E-state index >= 15 is 0 Å². The molecular weight excluding hydrogens is 394 g/mol. The number of nitrogens with one attached hydrogen (secondary N) is 3. The summed E-state index contributed by atoms with van der Waals surface area (Å²) in [7, 11) is 0. The number of carboxylic acid groups (broad SMARTS) is 1. The molecule has 1 heterocycles. The molecule has 0 aliphatic heterocycles. The van der Waals surface area contributed by atoms with Crippen LogP contribution in [0.15, 0.2) is 48.5 Å². The number of rotatable bonds is 5. The molecule has 4 N–H and O–H groups in total. The summed E-state index contributed by atoms with van der Waals surface area (Å²) in [5, 5.41) is 16.0. The zero-order chi connectivity index (χ0) is 20.5. The standard InChI is InChI=1S/C21H18ClN3O4/c22-13-5-6-15-12(7-13)9-17(23-15)21(29)24-16-8-11-3-1-2-4-14(11)20(16)25-18(26)10-19(27)28/h1-7,9,16,20,23H,8,10H2,(H,24,29)(H,25,26)(H,27,28)/t16-,20-/m1/s1. The molecule has 4 rings (SSSR count). The molecule has 1 aliphatic carbocycles. The molecule has 0 spiro atoms. The maximum atomic E-state index is 12.8. The minimum absolute atomic E-state index is 0.312. The number of hydrogen-bond donors (Lipinski definition) is 4. The number of carboxylic acids is 1. The predicted octanol–water partition coefficient (Wildman–Crippen LogP) is 2.81. The topological polar surface area (TPSA) is 111 Å². The van der Waals surface area contributed by atoms with Crippen molar-refractivity contribution in [2.45, 2.75) is 24.9 Å². The van der Waals surface area contributed by atoms with Crippen molar-refractivity contribution in [3.05, 3.63) is 70.4 Å². The van der Waals surface area contributed by atoms with Gasteiger partial charge in [-0.15, -0.1) is 0 Å². The van der Waals surface area contributed by atoms with Gasteiger partial charge in [0.1, 0.15) is 12.1 Å². The van der Waals surface area contributed by atoms with Crippen LogP contribution in [0.1, 0.15) is 34.1 Å². The molecule has 0 fully saturated rings. The molecule has 0 unspecified atom stereocenters. The van der Waals surface area contributed by atoms with Crippen molar-refractivity contribution >= 4 is 40.3 Å². The second-order valence-electron chi connectivity index (χ2n) is 7.01. The first-order chi connectivity index (χ1) is 13.9. The third-order valence-electron chi connectivity index (χ3n) is 5.00. The molecule has 1 aromatic heterocycles. The lowest BCUT2D eigenvalue weighted by atomic mass is 10.1. The van der Waals surface area contributed by atoms with Crippen molar-refractivity contribution in [3.8, 4) is 0 Å². The van der Waals surface area contributed by atoms with Crippen LogP contribution in [0.4, 0.5) is 0 Å². The average Bonchev–Trinajstić information content (AvgIpc) is 3.22. The molecule has 2 amide bonds. The summed E-state index contributed by atoms with van der Waals surface area (Å²) < 4.78 is 0. The van der Waals surface area contributed by atoms with Gasteiger partial charge < -0.3 is 20.7 Å². The van der Waals surface area contributed by atoms with Gasteiger partial charge in [0.25, 0.3) is 5.91 Å². The van der Waals surface area contributed by atoms with E-state index in [9.17, 15) is 14.4 Å². The van der Waals surface area contributed by atoms with E-state index < -0.39 is 30.4 Å². The summed E-state index contributed by atoms with van der Waals surface area (Å²) in [5.41, 5.74) is 3.05. The van der Waals surface area contributed by atoms with Crippen LogP contribution in [0.2, 0.25) is 5.02 Å². The molecule has 2 atom stereocenters. The van der Waals surface area contributed by atoms with Crippen LogP contribution in [0, 0.1) is 0 Å². The summed E-state index contributed by atoms with van der Waals surface area (Å²) in [6.45, 7) is 0. The van der Waals surface area contributed by atoms with Gasteiger partial charge in [-0.25, -0.2) is 0 Å². The zero-order valence-electron chi connectivity index (χ0n) is 15.2. The fraction of sp³-hybridized carbons (Fsp3) is 0.190. The number of hydrogen-bond acceptors (Lipinski definition) is 3. The number of H-pyrrole nitrogens is 1. The molecule has 2 aromatic carbocycles. The Labute approximate surface area is 171 Å². The van der Waals surface area contributed by atoms with Crippen molar-refractivity contribution in [1.29, 1.82) is 0 Å². The predicted molar refractivity (Wildman–Crippen MR) is 108 cm³/mol. The molecule has 29 heavy (non-hydrogen) atoms. The first kappa shape index (κ1) is 19.0. The van der Waals surface area contributed by atoms with Crippen LogP contribution in [-0.4, -0.2) is 33.9 Å². The van der Waals surface area contributed by atoms with Gasteiger partial charge in [-0.1, -0.05) is 35.9 Å². The fourth-order valence-corrected chi connectivity index (χ4v) is 3.92. The monoisotopic (exact) mass is 411 g/mol. The highest BCUT2D eigenvalue weighted by atomic mass is 35.5. The highest BCUT2D eigenvalue weighted by Crippen LogP contribution is 2.32. The van der Waals surface area contributed by atoms with E-state index in [0.29, 0.717) is 17.1 Å². The average molecular weight is 412 g/mol. The molecule has 0 bridgehead atoms. The smallest absolute Gasteiger partial charge is 0.312 e. The van der Waals surface area contributed by atoms with Gasteiger partial charge in [-0.3, -0.25) is 14.4 Å². The first-order valence-corrected chi connectivity index (χ1v) is 9.46. The van der Waals surface area contributed by atoms with Crippen LogP contribution >= 0.6 is 11.6 Å². The highest BCUT2D eigenvalue weighted by Gasteiger charge is 2.35. The van der Waals surface area contributed by atoms with Gasteiger partial charge in [0, 0.05) is 15.9 Å². The molecule has 8 heteroatoms. The molecule has 0 saturated heterocycles. The Morgan fingerprint density at radius 2 is 1.90 bits per heavy atom. The number of halogens is 1. The van der Waals surface area contributed by atoms with Crippen molar-refractivity contribution in [2.24, 2.45) is 0 Å². The summed E-state index contributed by atoms with van der Waals surface area (Å²) in [4.78, 5) is 38.8. The molecule has 0 saturated carbocycles. The normalized spacial score (nSPS) is 17.7. The van der Waals surface area contributed by atoms with Crippen LogP contribution in [0.25, 0.3) is 10.9 Å². The molecule has 0 radical (unpaired) electrons. The lowest BCUT2D eigenvalue weighted by Crippen LogP contribution is -2.44. The molecular formula is C21H18ClN3O4. The van der Waals surface area contributed by atoms with E-state index in [1.165, 1.54) is 0 Å². The number of aliphatic carboxylic acids is 1. The number of aromatic amines is 1. The van der Waals surface area contributed by atoms with Crippen LogP contribution in [-0.2, 0) is 16.0 Å². The van der Waals surface area contributed by atoms with Gasteiger partial charge in [-0.2, -0.15) is 0 Å². The summed E-state index contributed by atoms with van der Waals surface area (Å²) >= 11 is 6.00. The van der Waals surface area contributed by atoms with E-state index in [-0.39, 0.29) is 5.91 Å². The van der Waals surface area contributed by atoms with E-state index in [1.807, 2.05) is 24.3 Å². The van der Waals surface area contributed by atoms with E-state index in [4.69, 9.17) is 16.7 Å². The largest absolute Gasteiger partial charge is 0.481 e. The van der Waals surface area contributed by atoms with Crippen LogP contribution < -0.4 is 10.6 Å². The second-order valence-corrected chi connectivity index (χ2v) is 7.45. The second kappa shape index (κ2) is 7.60. The van der Waals surface area contributed by atoms with E-state index in [2.05, 4.69) is 15.6 Å². The van der Waals surface area contributed by atoms with Gasteiger partial charge >= 0.3 is 5.97 Å². The quantitative estimate of drug-likeness (QED) is 0.484. The lowest BCUT2D eigenvalue weighted by Gasteiger charge is -2.22. The third-order valence-corrected chi connectivity index (χ3v) is 5.24. The van der Waals surface area contributed by atoms with E-state index in [0.717, 1.165) is 22.0 Å². The Morgan fingerprint density at radius 3 is 2.69 bits per heavy atom. The lowest BCUT2D eigenvalue weighted by molar-refractivity contribution is -0.140. The Hall–Kier alpha value is -3.32. The zero-order valence-corrected chi connectivity index (χ0v) is 16.0. The SMILES string of the molecule is O=C(O)CC(=O)N[C@@H]1c2ccccc2C[C@H]1NC(=O)c1cc2cc(Cl)ccc2[nH]1. The van der Waals surface area contributed by atoms with Gasteiger partial charge in [0.2, 0.25) is 5.91 Å². The molecule has 3 aromatic rings. The summed E-state index contributed by atoms with van der Waals surface area (Å²) in [5.74, 6) is -2.11. The van der Waals surface area contributed by atoms with E-state index in [1.54, 1.807) is 24.3 Å². The summed E-state index contributed by atoms with van der Waals surface area (Å²) in [6, 6.07) is 13.7.